The van der Waals surface area contributed by atoms with Crippen LogP contribution in [-0.2, 0) is 17.8 Å². The minimum atomic E-state index is -4.78. The molecule has 0 aliphatic carbocycles. The Labute approximate surface area is 218 Å². The van der Waals surface area contributed by atoms with Gasteiger partial charge in [0.1, 0.15) is 5.41 Å². The van der Waals surface area contributed by atoms with E-state index in [0.717, 1.165) is 11.1 Å². The van der Waals surface area contributed by atoms with Gasteiger partial charge in [0, 0.05) is 26.2 Å². The number of nitrogens with one attached hydrogen (secondary N) is 2. The zero-order valence-electron chi connectivity index (χ0n) is 21.4. The summed E-state index contributed by atoms with van der Waals surface area (Å²) in [6.07, 6.45) is -4.14. The molecule has 2 aromatic rings. The molecule has 0 spiro atoms. The van der Waals surface area contributed by atoms with E-state index in [0.29, 0.717) is 36.7 Å². The summed E-state index contributed by atoms with van der Waals surface area (Å²) < 4.78 is 52.0. The molecule has 0 fully saturated rings. The van der Waals surface area contributed by atoms with Gasteiger partial charge >= 0.3 is 12.2 Å². The molecule has 3 amide bonds. The summed E-state index contributed by atoms with van der Waals surface area (Å²) in [6, 6.07) is 11.8. The molecule has 2 aliphatic rings. The minimum Gasteiger partial charge on any atom is -0.493 e. The third kappa shape index (κ3) is 5.48. The number of carbonyl (C=O) groups excluding carboxylic acids is 2. The lowest BCUT2D eigenvalue weighted by molar-refractivity contribution is -0.128. The van der Waals surface area contributed by atoms with Gasteiger partial charge in [0.15, 0.2) is 17.2 Å². The summed E-state index contributed by atoms with van der Waals surface area (Å²) in [6.45, 7) is 1.84. The van der Waals surface area contributed by atoms with Gasteiger partial charge in [-0.3, -0.25) is 9.80 Å². The van der Waals surface area contributed by atoms with Crippen molar-refractivity contribution in [2.45, 2.75) is 26.1 Å². The van der Waals surface area contributed by atoms with Gasteiger partial charge < -0.3 is 25.0 Å². The lowest BCUT2D eigenvalue weighted by Crippen LogP contribution is -2.52. The Balaban J connectivity index is 1.32. The van der Waals surface area contributed by atoms with Crippen LogP contribution in [0.5, 0.6) is 11.5 Å². The maximum atomic E-state index is 13.8. The van der Waals surface area contributed by atoms with E-state index in [1.54, 1.807) is 49.5 Å². The molecule has 204 valence electrons. The number of fused-ring (bicyclic) bond motifs is 1. The Morgan fingerprint density at radius 2 is 1.66 bits per heavy atom. The number of ether oxygens (including phenoxy) is 2. The Morgan fingerprint density at radius 3 is 2.29 bits per heavy atom. The van der Waals surface area contributed by atoms with Gasteiger partial charge in [-0.15, -0.1) is 0 Å². The maximum Gasteiger partial charge on any atom is 0.432 e. The molecule has 0 saturated carbocycles. The summed E-state index contributed by atoms with van der Waals surface area (Å²) in [5.41, 5.74) is -0.607. The average molecular weight is 534 g/mol. The van der Waals surface area contributed by atoms with Crippen LogP contribution in [0.25, 0.3) is 0 Å². The predicted octanol–water partition coefficient (Wildman–Crippen LogP) is 3.33. The van der Waals surface area contributed by atoms with Crippen molar-refractivity contribution in [3.8, 4) is 11.5 Å². The summed E-state index contributed by atoms with van der Waals surface area (Å²) in [5.74, 6) is 0.389. The number of anilines is 1. The van der Waals surface area contributed by atoms with Gasteiger partial charge in [-0.1, -0.05) is 18.2 Å². The summed E-state index contributed by atoms with van der Waals surface area (Å²) in [4.78, 5) is 27.3. The third-order valence-corrected chi connectivity index (χ3v) is 6.73. The van der Waals surface area contributed by atoms with Crippen LogP contribution in [0.1, 0.15) is 18.1 Å². The molecule has 38 heavy (non-hydrogen) atoms. The van der Waals surface area contributed by atoms with E-state index in [4.69, 9.17) is 9.47 Å². The number of carbonyl (C=O) groups is 2. The van der Waals surface area contributed by atoms with Gasteiger partial charge in [0.05, 0.1) is 26.5 Å². The molecule has 0 radical (unpaired) electrons. The highest BCUT2D eigenvalue weighted by atomic mass is 19.4. The van der Waals surface area contributed by atoms with Crippen LogP contribution in [0.2, 0.25) is 0 Å². The van der Waals surface area contributed by atoms with E-state index in [-0.39, 0.29) is 25.7 Å². The van der Waals surface area contributed by atoms with E-state index in [2.05, 4.69) is 15.7 Å². The van der Waals surface area contributed by atoms with Crippen molar-refractivity contribution in [2.75, 3.05) is 45.4 Å². The van der Waals surface area contributed by atoms with E-state index in [1.807, 2.05) is 12.1 Å². The highest BCUT2D eigenvalue weighted by Gasteiger charge is 2.56. The fourth-order valence-corrected chi connectivity index (χ4v) is 4.65. The highest BCUT2D eigenvalue weighted by molar-refractivity contribution is 6.13. The second-order valence-corrected chi connectivity index (χ2v) is 9.31. The Kier molecular flexibility index (Phi) is 7.70. The SMILES string of the molecule is COc1cc2c(cc1OC)CN(C(=O)NCCNC(=O)C1(C)CN(c3ccccc3)N=C1C(F)(F)F)CC2. The number of hydrogen-bond acceptors (Lipinski definition) is 6. The summed E-state index contributed by atoms with van der Waals surface area (Å²) in [5, 5.41) is 10.2. The molecular weight excluding hydrogens is 503 g/mol. The molecule has 2 aromatic carbocycles. The van der Waals surface area contributed by atoms with Crippen molar-refractivity contribution < 1.29 is 32.2 Å². The Hall–Kier alpha value is -3.96. The van der Waals surface area contributed by atoms with Crippen molar-refractivity contribution in [1.82, 2.24) is 15.5 Å². The number of amides is 3. The number of rotatable bonds is 7. The van der Waals surface area contributed by atoms with Crippen LogP contribution in [0.15, 0.2) is 47.6 Å². The minimum absolute atomic E-state index is 0.0356. The summed E-state index contributed by atoms with van der Waals surface area (Å²) >= 11 is 0. The molecule has 4 rings (SSSR count). The van der Waals surface area contributed by atoms with Gasteiger partial charge in [-0.25, -0.2) is 4.79 Å². The molecule has 12 heteroatoms. The smallest absolute Gasteiger partial charge is 0.432 e. The Morgan fingerprint density at radius 1 is 1.03 bits per heavy atom. The first-order valence-corrected chi connectivity index (χ1v) is 12.1. The zero-order chi connectivity index (χ0) is 27.5. The molecule has 2 N–H and O–H groups in total. The van der Waals surface area contributed by atoms with Crippen molar-refractivity contribution in [3.05, 3.63) is 53.6 Å². The van der Waals surface area contributed by atoms with Crippen molar-refractivity contribution in [2.24, 2.45) is 10.5 Å². The summed E-state index contributed by atoms with van der Waals surface area (Å²) in [7, 11) is 3.11. The van der Waals surface area contributed by atoms with Gasteiger partial charge in [0.2, 0.25) is 5.91 Å². The van der Waals surface area contributed by atoms with Gasteiger partial charge in [0.25, 0.3) is 0 Å². The first-order chi connectivity index (χ1) is 18.1. The van der Waals surface area contributed by atoms with Gasteiger partial charge in [-0.05, 0) is 48.7 Å². The van der Waals surface area contributed by atoms with Crippen molar-refractivity contribution in [3.63, 3.8) is 0 Å². The van der Waals surface area contributed by atoms with Crippen LogP contribution < -0.4 is 25.1 Å². The number of hydrogen-bond donors (Lipinski definition) is 2. The van der Waals surface area contributed by atoms with Gasteiger partial charge in [-0.2, -0.15) is 18.3 Å². The van der Waals surface area contributed by atoms with E-state index in [9.17, 15) is 22.8 Å². The first kappa shape index (κ1) is 27.1. The standard InChI is InChI=1S/C26H30F3N5O4/c1-25(16-34(19-7-5-4-6-8-19)32-22(25)26(27,28)29)23(35)30-10-11-31-24(36)33-12-9-17-13-20(37-2)21(38-3)14-18(17)15-33/h4-8,13-14H,9-12,15-16H2,1-3H3,(H,30,35)(H,31,36). The zero-order valence-corrected chi connectivity index (χ0v) is 21.4. The fraction of sp³-hybridized carbons (Fsp3) is 0.423. The van der Waals surface area contributed by atoms with E-state index < -0.39 is 23.2 Å². The molecular formula is C26H30F3N5O4. The van der Waals surface area contributed by atoms with Crippen LogP contribution in [0, 0.1) is 5.41 Å². The number of urea groups is 1. The van der Waals surface area contributed by atoms with Crippen LogP contribution in [0.3, 0.4) is 0 Å². The number of alkyl halides is 3. The number of para-hydroxylation sites is 1. The third-order valence-electron chi connectivity index (χ3n) is 6.73. The van der Waals surface area contributed by atoms with Crippen LogP contribution in [-0.4, -0.2) is 69.1 Å². The number of methoxy groups -OCH3 is 2. The lowest BCUT2D eigenvalue weighted by Gasteiger charge is -2.30. The topological polar surface area (TPSA) is 95.5 Å². The second-order valence-electron chi connectivity index (χ2n) is 9.31. The first-order valence-electron chi connectivity index (χ1n) is 12.1. The van der Waals surface area contributed by atoms with Crippen LogP contribution >= 0.6 is 0 Å². The molecule has 9 nitrogen and oxygen atoms in total. The van der Waals surface area contributed by atoms with Crippen LogP contribution in [0.4, 0.5) is 23.7 Å². The second kappa shape index (κ2) is 10.8. The average Bonchev–Trinajstić information content (AvgIpc) is 3.29. The van der Waals surface area contributed by atoms with E-state index >= 15 is 0 Å². The predicted molar refractivity (Wildman–Crippen MR) is 135 cm³/mol. The molecule has 0 bridgehead atoms. The number of benzene rings is 2. The quantitative estimate of drug-likeness (QED) is 0.533. The lowest BCUT2D eigenvalue weighted by atomic mass is 9.84. The molecule has 1 unspecified atom stereocenters. The number of nitrogens with zero attached hydrogens (tertiary/aromatic N) is 3. The Bertz CT molecular complexity index is 1220. The molecule has 1 atom stereocenters. The monoisotopic (exact) mass is 533 g/mol. The fourth-order valence-electron chi connectivity index (χ4n) is 4.65. The number of halogens is 3. The van der Waals surface area contributed by atoms with Crippen molar-refractivity contribution in [1.29, 1.82) is 0 Å². The molecule has 2 heterocycles. The number of hydrazone groups is 1. The van der Waals surface area contributed by atoms with E-state index in [1.165, 1.54) is 11.9 Å². The maximum absolute atomic E-state index is 13.8. The highest BCUT2D eigenvalue weighted by Crippen LogP contribution is 2.38. The molecule has 0 saturated heterocycles. The normalized spacial score (nSPS) is 18.9. The molecule has 0 aromatic heterocycles. The molecule has 2 aliphatic heterocycles. The largest absolute Gasteiger partial charge is 0.493 e. The van der Waals surface area contributed by atoms with Crippen molar-refractivity contribution >= 4 is 23.3 Å².